The molecule has 0 heterocycles. The zero-order valence-electron chi connectivity index (χ0n) is 12.0. The van der Waals surface area contributed by atoms with Gasteiger partial charge in [0.2, 0.25) is 0 Å². The molecule has 2 aromatic rings. The van der Waals surface area contributed by atoms with Gasteiger partial charge in [0.05, 0.1) is 9.40 Å². The molecule has 0 aliphatic rings. The smallest absolute Gasteiger partial charge is 0.269 e. The Labute approximate surface area is 139 Å². The largest absolute Gasteiger partial charge is 0.483 e. The molecule has 0 atom stereocenters. The Hall–Kier alpha value is -2.48. The molecule has 0 fully saturated rings. The summed E-state index contributed by atoms with van der Waals surface area (Å²) >= 11 is 3.14. The van der Waals surface area contributed by atoms with Gasteiger partial charge in [-0.3, -0.25) is 14.9 Å². The van der Waals surface area contributed by atoms with Crippen LogP contribution in [-0.2, 0) is 4.79 Å². The van der Waals surface area contributed by atoms with Crippen LogP contribution >= 0.6 is 15.9 Å². The van der Waals surface area contributed by atoms with Crippen molar-refractivity contribution in [1.29, 1.82) is 0 Å². The second-order valence-electron chi connectivity index (χ2n) is 4.67. The summed E-state index contributed by atoms with van der Waals surface area (Å²) in [4.78, 5) is 22.0. The number of hydrogen-bond acceptors (Lipinski definition) is 4. The van der Waals surface area contributed by atoms with Crippen LogP contribution in [0.25, 0.3) is 0 Å². The normalized spacial score (nSPS) is 10.2. The number of hydrogen-bond donors (Lipinski definition) is 1. The number of carbonyl (C=O) groups is 1. The second kappa shape index (κ2) is 7.19. The Kier molecular flexibility index (Phi) is 5.28. The van der Waals surface area contributed by atoms with Crippen LogP contribution in [-0.4, -0.2) is 17.4 Å². The second-order valence-corrected chi connectivity index (χ2v) is 5.52. The van der Waals surface area contributed by atoms with Crippen molar-refractivity contribution in [2.24, 2.45) is 0 Å². The van der Waals surface area contributed by atoms with Crippen molar-refractivity contribution in [3.8, 4) is 5.75 Å². The van der Waals surface area contributed by atoms with Gasteiger partial charge in [-0.2, -0.15) is 0 Å². The fraction of sp³-hybridized carbons (Fsp3) is 0.133. The van der Waals surface area contributed by atoms with Gasteiger partial charge in [0, 0.05) is 17.8 Å². The maximum absolute atomic E-state index is 13.0. The van der Waals surface area contributed by atoms with Crippen molar-refractivity contribution in [2.45, 2.75) is 6.92 Å². The first-order valence-corrected chi connectivity index (χ1v) is 7.29. The fourth-order valence-electron chi connectivity index (χ4n) is 1.82. The minimum absolute atomic E-state index is 0.0491. The zero-order chi connectivity index (χ0) is 17.0. The molecule has 0 aliphatic carbocycles. The summed E-state index contributed by atoms with van der Waals surface area (Å²) < 4.78 is 18.6. The first-order chi connectivity index (χ1) is 10.9. The molecule has 0 radical (unpaired) electrons. The van der Waals surface area contributed by atoms with E-state index in [0.29, 0.717) is 21.5 Å². The summed E-state index contributed by atoms with van der Waals surface area (Å²) in [6.45, 7) is 1.38. The third kappa shape index (κ3) is 4.49. The number of halogens is 2. The Balaban J connectivity index is 1.98. The van der Waals surface area contributed by atoms with E-state index in [4.69, 9.17) is 4.74 Å². The van der Waals surface area contributed by atoms with Crippen molar-refractivity contribution in [3.63, 3.8) is 0 Å². The van der Waals surface area contributed by atoms with Gasteiger partial charge in [-0.15, -0.1) is 0 Å². The molecule has 1 N–H and O–H groups in total. The van der Waals surface area contributed by atoms with Gasteiger partial charge in [-0.25, -0.2) is 4.39 Å². The number of nitrogens with zero attached hydrogens (tertiary/aromatic N) is 1. The Morgan fingerprint density at radius 1 is 1.35 bits per heavy atom. The van der Waals surface area contributed by atoms with E-state index in [-0.39, 0.29) is 12.3 Å². The number of carbonyl (C=O) groups excluding carboxylic acids is 1. The fourth-order valence-corrected chi connectivity index (χ4v) is 2.29. The van der Waals surface area contributed by atoms with Crippen molar-refractivity contribution in [2.75, 3.05) is 11.9 Å². The predicted molar refractivity (Wildman–Crippen MR) is 86.1 cm³/mol. The van der Waals surface area contributed by atoms with Crippen LogP contribution in [0.15, 0.2) is 40.9 Å². The number of anilines is 1. The quantitative estimate of drug-likeness (QED) is 0.629. The van der Waals surface area contributed by atoms with Gasteiger partial charge >= 0.3 is 0 Å². The van der Waals surface area contributed by atoms with E-state index >= 15 is 0 Å². The minimum atomic E-state index is -0.506. The lowest BCUT2D eigenvalue weighted by atomic mass is 10.2. The third-order valence-electron chi connectivity index (χ3n) is 2.95. The zero-order valence-corrected chi connectivity index (χ0v) is 13.6. The van der Waals surface area contributed by atoms with Crippen LogP contribution in [0.2, 0.25) is 0 Å². The minimum Gasteiger partial charge on any atom is -0.483 e. The molecule has 0 saturated carbocycles. The number of benzene rings is 2. The predicted octanol–water partition coefficient (Wildman–Crippen LogP) is 3.82. The third-order valence-corrected chi connectivity index (χ3v) is 3.57. The molecule has 23 heavy (non-hydrogen) atoms. The summed E-state index contributed by atoms with van der Waals surface area (Å²) in [5.41, 5.74) is 0.977. The van der Waals surface area contributed by atoms with E-state index in [1.807, 2.05) is 0 Å². The van der Waals surface area contributed by atoms with Crippen LogP contribution in [0.5, 0.6) is 5.75 Å². The first kappa shape index (κ1) is 16.9. The molecule has 0 spiro atoms. The number of aryl methyl sites for hydroxylation is 1. The van der Waals surface area contributed by atoms with Crippen LogP contribution in [0.4, 0.5) is 15.8 Å². The molecule has 0 aliphatic heterocycles. The molecular formula is C15H12BrFN2O4. The number of ether oxygens (including phenoxy) is 1. The highest BCUT2D eigenvalue weighted by atomic mass is 79.9. The van der Waals surface area contributed by atoms with Gasteiger partial charge in [-0.1, -0.05) is 0 Å². The molecule has 0 unspecified atom stereocenters. The first-order valence-electron chi connectivity index (χ1n) is 6.49. The molecule has 120 valence electrons. The lowest BCUT2D eigenvalue weighted by Gasteiger charge is -2.10. The Bertz CT molecular complexity index is 767. The number of nitro groups is 1. The molecule has 6 nitrogen and oxygen atoms in total. The van der Waals surface area contributed by atoms with E-state index in [1.165, 1.54) is 36.4 Å². The van der Waals surface area contributed by atoms with Crippen molar-refractivity contribution in [3.05, 3.63) is 62.4 Å². The monoisotopic (exact) mass is 382 g/mol. The van der Waals surface area contributed by atoms with Gasteiger partial charge in [-0.05, 0) is 52.7 Å². The van der Waals surface area contributed by atoms with Crippen molar-refractivity contribution < 1.29 is 18.8 Å². The number of rotatable bonds is 5. The van der Waals surface area contributed by atoms with Crippen LogP contribution in [0, 0.1) is 22.9 Å². The average Bonchev–Trinajstić information content (AvgIpc) is 2.48. The lowest BCUT2D eigenvalue weighted by Crippen LogP contribution is -2.20. The number of amides is 1. The maximum atomic E-state index is 13.0. The van der Waals surface area contributed by atoms with Crippen LogP contribution in [0.1, 0.15) is 5.56 Å². The average molecular weight is 383 g/mol. The van der Waals surface area contributed by atoms with Gasteiger partial charge in [0.25, 0.3) is 11.6 Å². The molecule has 0 saturated heterocycles. The highest BCUT2D eigenvalue weighted by Crippen LogP contribution is 2.25. The molecule has 0 bridgehead atoms. The van der Waals surface area contributed by atoms with Gasteiger partial charge in [0.15, 0.2) is 6.61 Å². The highest BCUT2D eigenvalue weighted by Gasteiger charge is 2.11. The molecule has 0 aromatic heterocycles. The standard InChI is InChI=1S/C15H12BrFN2O4/c1-9-6-11(19(21)22)3-4-13(9)18-15(20)8-23-14-5-2-10(17)7-12(14)16/h2-7H,8H2,1H3,(H,18,20). The van der Waals surface area contributed by atoms with E-state index in [1.54, 1.807) is 6.92 Å². The highest BCUT2D eigenvalue weighted by molar-refractivity contribution is 9.10. The van der Waals surface area contributed by atoms with E-state index in [9.17, 15) is 19.3 Å². The SMILES string of the molecule is Cc1cc([N+](=O)[O-])ccc1NC(=O)COc1ccc(F)cc1Br. The lowest BCUT2D eigenvalue weighted by molar-refractivity contribution is -0.384. The summed E-state index contributed by atoms with van der Waals surface area (Å²) in [6.07, 6.45) is 0. The summed E-state index contributed by atoms with van der Waals surface area (Å²) in [6, 6.07) is 7.99. The Morgan fingerprint density at radius 2 is 2.09 bits per heavy atom. The van der Waals surface area contributed by atoms with E-state index < -0.39 is 16.6 Å². The van der Waals surface area contributed by atoms with E-state index in [2.05, 4.69) is 21.2 Å². The molecule has 2 rings (SSSR count). The van der Waals surface area contributed by atoms with Crippen molar-refractivity contribution >= 4 is 33.2 Å². The number of non-ortho nitro benzene ring substituents is 1. The van der Waals surface area contributed by atoms with Crippen molar-refractivity contribution in [1.82, 2.24) is 0 Å². The molecule has 8 heteroatoms. The summed E-state index contributed by atoms with van der Waals surface area (Å²) in [7, 11) is 0. The topological polar surface area (TPSA) is 81.5 Å². The molecular weight excluding hydrogens is 371 g/mol. The van der Waals surface area contributed by atoms with Gasteiger partial charge in [0.1, 0.15) is 11.6 Å². The number of nitrogens with one attached hydrogen (secondary N) is 1. The summed E-state index contributed by atoms with van der Waals surface area (Å²) in [5.74, 6) is -0.518. The number of nitro benzene ring substituents is 1. The van der Waals surface area contributed by atoms with Crippen LogP contribution < -0.4 is 10.1 Å². The Morgan fingerprint density at radius 3 is 2.70 bits per heavy atom. The van der Waals surface area contributed by atoms with E-state index in [0.717, 1.165) is 0 Å². The van der Waals surface area contributed by atoms with Crippen LogP contribution in [0.3, 0.4) is 0 Å². The maximum Gasteiger partial charge on any atom is 0.269 e. The molecule has 1 amide bonds. The summed E-state index contributed by atoms with van der Waals surface area (Å²) in [5, 5.41) is 13.3. The molecule has 2 aromatic carbocycles. The van der Waals surface area contributed by atoms with Gasteiger partial charge < -0.3 is 10.1 Å².